The summed E-state index contributed by atoms with van der Waals surface area (Å²) in [6, 6.07) is 12.0. The minimum atomic E-state index is -0.692. The number of aryl methyl sites for hydroxylation is 1. The second kappa shape index (κ2) is 12.1. The molecule has 0 aromatic heterocycles. The summed E-state index contributed by atoms with van der Waals surface area (Å²) in [5, 5.41) is 11.3. The van der Waals surface area contributed by atoms with Crippen LogP contribution in [0.25, 0.3) is 5.76 Å². The first-order chi connectivity index (χ1) is 17.1. The zero-order valence-corrected chi connectivity index (χ0v) is 22.2. The highest BCUT2D eigenvalue weighted by Gasteiger charge is 2.45. The number of ether oxygens (including phenoxy) is 2. The van der Waals surface area contributed by atoms with Crippen molar-refractivity contribution in [3.63, 3.8) is 0 Å². The van der Waals surface area contributed by atoms with Crippen molar-refractivity contribution in [3.05, 3.63) is 64.7 Å². The van der Waals surface area contributed by atoms with Crippen molar-refractivity contribution in [3.8, 4) is 11.5 Å². The third kappa shape index (κ3) is 6.26. The van der Waals surface area contributed by atoms with Gasteiger partial charge in [0.2, 0.25) is 0 Å². The number of hydrogen-bond acceptors (Lipinski definition) is 6. The number of carbonyl (C=O) groups excluding carboxylic acids is 2. The number of carbonyl (C=O) groups is 2. The number of Topliss-reactive ketones (excluding diaryl/α,β-unsaturated/α-hetero) is 1. The van der Waals surface area contributed by atoms with Crippen LogP contribution in [0.1, 0.15) is 49.9 Å². The van der Waals surface area contributed by atoms with Crippen molar-refractivity contribution in [2.45, 2.75) is 40.2 Å². The Labute approximate surface area is 214 Å². The summed E-state index contributed by atoms with van der Waals surface area (Å²) < 4.78 is 11.6. The molecule has 0 saturated carbocycles. The van der Waals surface area contributed by atoms with Crippen LogP contribution in [0, 0.1) is 12.8 Å². The van der Waals surface area contributed by atoms with E-state index in [-0.39, 0.29) is 11.3 Å². The van der Waals surface area contributed by atoms with Gasteiger partial charge in [-0.2, -0.15) is 0 Å². The molecule has 1 fully saturated rings. The van der Waals surface area contributed by atoms with E-state index < -0.39 is 17.7 Å². The van der Waals surface area contributed by atoms with Crippen LogP contribution >= 0.6 is 0 Å². The molecule has 1 saturated heterocycles. The zero-order chi connectivity index (χ0) is 26.4. The Morgan fingerprint density at radius 1 is 1.08 bits per heavy atom. The van der Waals surface area contributed by atoms with Crippen molar-refractivity contribution in [2.75, 3.05) is 40.4 Å². The molecular weight excluding hydrogens is 456 g/mol. The van der Waals surface area contributed by atoms with Gasteiger partial charge in [-0.1, -0.05) is 32.9 Å². The normalized spacial score (nSPS) is 17.3. The second-order valence-electron chi connectivity index (χ2n) is 9.90. The first-order valence-electron chi connectivity index (χ1n) is 12.5. The fraction of sp³-hybridized carbons (Fsp3) is 0.448. The summed E-state index contributed by atoms with van der Waals surface area (Å²) in [5.41, 5.74) is 2.15. The minimum Gasteiger partial charge on any atom is -0.507 e. The molecule has 0 spiro atoms. The molecule has 2 aromatic rings. The monoisotopic (exact) mass is 494 g/mol. The number of likely N-dealkylation sites (N-methyl/N-ethyl adjacent to an activating group) is 1. The molecule has 0 radical (unpaired) electrons. The maximum absolute atomic E-state index is 13.2. The Kier molecular flexibility index (Phi) is 9.15. The van der Waals surface area contributed by atoms with E-state index >= 15 is 0 Å². The smallest absolute Gasteiger partial charge is 0.295 e. The molecule has 1 aliphatic heterocycles. The first kappa shape index (κ1) is 27.3. The second-order valence-corrected chi connectivity index (χ2v) is 9.90. The molecule has 1 unspecified atom stereocenters. The van der Waals surface area contributed by atoms with E-state index in [4.69, 9.17) is 9.47 Å². The van der Waals surface area contributed by atoms with Crippen molar-refractivity contribution in [1.29, 1.82) is 0 Å². The van der Waals surface area contributed by atoms with Gasteiger partial charge in [-0.3, -0.25) is 9.59 Å². The molecule has 1 heterocycles. The lowest BCUT2D eigenvalue weighted by Crippen LogP contribution is -2.35. The number of aliphatic hydroxyl groups is 1. The van der Waals surface area contributed by atoms with Crippen LogP contribution in [0.15, 0.2) is 48.0 Å². The summed E-state index contributed by atoms with van der Waals surface area (Å²) in [4.78, 5) is 29.8. The summed E-state index contributed by atoms with van der Waals surface area (Å²) in [5.74, 6) is 0.359. The number of ketones is 1. The van der Waals surface area contributed by atoms with Gasteiger partial charge in [-0.25, -0.2) is 0 Å². The average Bonchev–Trinajstić information content (AvgIpc) is 3.10. The van der Waals surface area contributed by atoms with Gasteiger partial charge in [0.25, 0.3) is 11.7 Å². The highest BCUT2D eigenvalue weighted by Crippen LogP contribution is 2.40. The molecule has 7 nitrogen and oxygen atoms in total. The number of benzene rings is 2. The fourth-order valence-electron chi connectivity index (χ4n) is 4.10. The van der Waals surface area contributed by atoms with Gasteiger partial charge in [0.15, 0.2) is 0 Å². The largest absolute Gasteiger partial charge is 0.507 e. The van der Waals surface area contributed by atoms with Crippen LogP contribution in [0.2, 0.25) is 0 Å². The quantitative estimate of drug-likeness (QED) is 0.275. The Bertz CT molecular complexity index is 1110. The third-order valence-corrected chi connectivity index (χ3v) is 6.02. The van der Waals surface area contributed by atoms with Gasteiger partial charge in [0.05, 0.1) is 24.8 Å². The molecule has 1 N–H and O–H groups in total. The fourth-order valence-corrected chi connectivity index (χ4v) is 4.10. The maximum Gasteiger partial charge on any atom is 0.295 e. The standard InChI is InChI=1S/C29H38N2O5/c1-7-16-35-23-11-8-21(9-12-23)26-25(28(33)29(34)31(26)15-14-30(5)6)27(32)22-10-13-24(20(4)17-22)36-18-19(2)3/h8-13,17,19,26,32H,7,14-16,18H2,1-6H3/b27-25+. The summed E-state index contributed by atoms with van der Waals surface area (Å²) >= 11 is 0. The van der Waals surface area contributed by atoms with Crippen molar-refractivity contribution < 1.29 is 24.2 Å². The summed E-state index contributed by atoms with van der Waals surface area (Å²) in [6.07, 6.45) is 0.896. The summed E-state index contributed by atoms with van der Waals surface area (Å²) in [6.45, 7) is 10.2. The number of likely N-dealkylation sites (tertiary alicyclic amines) is 1. The molecular formula is C29H38N2O5. The predicted octanol–water partition coefficient (Wildman–Crippen LogP) is 4.80. The van der Waals surface area contributed by atoms with Crippen molar-refractivity contribution in [1.82, 2.24) is 9.80 Å². The van der Waals surface area contributed by atoms with Crippen LogP contribution in [0.3, 0.4) is 0 Å². The van der Waals surface area contributed by atoms with E-state index in [2.05, 4.69) is 13.8 Å². The van der Waals surface area contributed by atoms with E-state index in [9.17, 15) is 14.7 Å². The van der Waals surface area contributed by atoms with Gasteiger partial charge >= 0.3 is 0 Å². The number of aliphatic hydroxyl groups excluding tert-OH is 1. The molecule has 1 aliphatic rings. The molecule has 0 bridgehead atoms. The molecule has 1 amide bonds. The SMILES string of the molecule is CCCOc1ccc(C2/C(=C(\O)c3ccc(OCC(C)C)c(C)c3)C(=O)C(=O)N2CCN(C)C)cc1. The van der Waals surface area contributed by atoms with Crippen molar-refractivity contribution in [2.24, 2.45) is 5.92 Å². The Balaban J connectivity index is 2.04. The van der Waals surface area contributed by atoms with Crippen LogP contribution in [0.4, 0.5) is 0 Å². The van der Waals surface area contributed by atoms with E-state index in [1.165, 1.54) is 0 Å². The number of hydrogen-bond donors (Lipinski definition) is 1. The van der Waals surface area contributed by atoms with Gasteiger partial charge in [0, 0.05) is 18.7 Å². The molecule has 36 heavy (non-hydrogen) atoms. The average molecular weight is 495 g/mol. The third-order valence-electron chi connectivity index (χ3n) is 6.02. The van der Waals surface area contributed by atoms with Crippen LogP contribution in [-0.2, 0) is 9.59 Å². The number of nitrogens with zero attached hydrogens (tertiary/aromatic N) is 2. The van der Waals surface area contributed by atoms with E-state index in [0.717, 1.165) is 29.0 Å². The molecule has 194 valence electrons. The molecule has 0 aliphatic carbocycles. The zero-order valence-electron chi connectivity index (χ0n) is 22.2. The predicted molar refractivity (Wildman–Crippen MR) is 141 cm³/mol. The Morgan fingerprint density at radius 3 is 2.36 bits per heavy atom. The van der Waals surface area contributed by atoms with Crippen LogP contribution in [0.5, 0.6) is 11.5 Å². The maximum atomic E-state index is 13.2. The van der Waals surface area contributed by atoms with Crippen LogP contribution < -0.4 is 9.47 Å². The van der Waals surface area contributed by atoms with Gasteiger partial charge in [-0.05, 0) is 74.8 Å². The minimum absolute atomic E-state index is 0.0937. The summed E-state index contributed by atoms with van der Waals surface area (Å²) in [7, 11) is 3.83. The topological polar surface area (TPSA) is 79.3 Å². The Morgan fingerprint density at radius 2 is 1.78 bits per heavy atom. The van der Waals surface area contributed by atoms with Gasteiger partial charge in [-0.15, -0.1) is 0 Å². The van der Waals surface area contributed by atoms with Gasteiger partial charge < -0.3 is 24.4 Å². The molecule has 7 heteroatoms. The lowest BCUT2D eigenvalue weighted by Gasteiger charge is -2.26. The molecule has 3 rings (SSSR count). The molecule has 1 atom stereocenters. The molecule has 2 aromatic carbocycles. The highest BCUT2D eigenvalue weighted by molar-refractivity contribution is 6.46. The lowest BCUT2D eigenvalue weighted by molar-refractivity contribution is -0.140. The van der Waals surface area contributed by atoms with E-state index in [0.29, 0.717) is 37.8 Å². The number of amides is 1. The van der Waals surface area contributed by atoms with Crippen LogP contribution in [-0.4, -0.2) is 67.0 Å². The van der Waals surface area contributed by atoms with E-state index in [1.54, 1.807) is 23.1 Å². The first-order valence-corrected chi connectivity index (χ1v) is 12.5. The van der Waals surface area contributed by atoms with Crippen molar-refractivity contribution >= 4 is 17.4 Å². The number of rotatable bonds is 11. The Hall–Kier alpha value is -3.32. The lowest BCUT2D eigenvalue weighted by atomic mass is 9.94. The highest BCUT2D eigenvalue weighted by atomic mass is 16.5. The van der Waals surface area contributed by atoms with E-state index in [1.807, 2.05) is 57.1 Å². The van der Waals surface area contributed by atoms with Gasteiger partial charge in [0.1, 0.15) is 17.3 Å².